The Morgan fingerprint density at radius 3 is 2.68 bits per heavy atom. The molecule has 3 heterocycles. The molecule has 0 saturated carbocycles. The highest BCUT2D eigenvalue weighted by Gasteiger charge is 2.35. The zero-order chi connectivity index (χ0) is 13.4. The molecule has 3 rings (SSSR count). The summed E-state index contributed by atoms with van der Waals surface area (Å²) in [5.41, 5.74) is 0. The largest absolute Gasteiger partial charge is 0.475 e. The highest BCUT2D eigenvalue weighted by Crippen LogP contribution is 2.29. The van der Waals surface area contributed by atoms with Crippen molar-refractivity contribution in [2.75, 3.05) is 7.05 Å². The zero-order valence-corrected chi connectivity index (χ0v) is 11.1. The Morgan fingerprint density at radius 1 is 1.42 bits per heavy atom. The monoisotopic (exact) mass is 264 g/mol. The number of hydrogen-bond acceptors (Lipinski definition) is 4. The van der Waals surface area contributed by atoms with E-state index in [2.05, 4.69) is 17.3 Å². The van der Waals surface area contributed by atoms with E-state index in [9.17, 15) is 4.79 Å². The molecule has 5 heteroatoms. The predicted molar refractivity (Wildman–Crippen MR) is 70.1 cm³/mol. The number of aromatic carboxylic acids is 1. The molecular formula is C14H20N2O3. The number of fused-ring (bicyclic) bond motifs is 2. The fraction of sp³-hybridized carbons (Fsp3) is 0.643. The van der Waals surface area contributed by atoms with Crippen molar-refractivity contribution in [3.63, 3.8) is 0 Å². The van der Waals surface area contributed by atoms with E-state index in [1.54, 1.807) is 6.07 Å². The van der Waals surface area contributed by atoms with Gasteiger partial charge in [-0.2, -0.15) is 0 Å². The summed E-state index contributed by atoms with van der Waals surface area (Å²) < 4.78 is 5.32. The Morgan fingerprint density at radius 2 is 2.11 bits per heavy atom. The third-order valence-corrected chi connectivity index (χ3v) is 4.35. The van der Waals surface area contributed by atoms with Gasteiger partial charge in [-0.1, -0.05) is 0 Å². The van der Waals surface area contributed by atoms with Crippen molar-refractivity contribution >= 4 is 5.97 Å². The molecule has 2 fully saturated rings. The molecule has 104 valence electrons. The number of nitrogens with one attached hydrogen (secondary N) is 1. The maximum atomic E-state index is 10.8. The number of nitrogens with zero attached hydrogens (tertiary/aromatic N) is 1. The van der Waals surface area contributed by atoms with Crippen molar-refractivity contribution in [3.05, 3.63) is 23.7 Å². The van der Waals surface area contributed by atoms with E-state index in [1.165, 1.54) is 31.7 Å². The van der Waals surface area contributed by atoms with Gasteiger partial charge in [0, 0.05) is 18.1 Å². The topological polar surface area (TPSA) is 65.7 Å². The molecule has 2 N–H and O–H groups in total. The van der Waals surface area contributed by atoms with Crippen LogP contribution in [0.1, 0.15) is 42.0 Å². The third-order valence-electron chi connectivity index (χ3n) is 4.35. The van der Waals surface area contributed by atoms with Gasteiger partial charge < -0.3 is 14.8 Å². The van der Waals surface area contributed by atoms with Gasteiger partial charge in [-0.3, -0.25) is 4.90 Å². The predicted octanol–water partition coefficient (Wildman–Crippen LogP) is 1.69. The Balaban J connectivity index is 1.61. The first kappa shape index (κ1) is 12.7. The number of carbonyl (C=O) groups is 1. The molecule has 0 spiro atoms. The first-order valence-corrected chi connectivity index (χ1v) is 6.90. The van der Waals surface area contributed by atoms with Crippen molar-refractivity contribution in [3.8, 4) is 0 Å². The molecule has 2 unspecified atom stereocenters. The van der Waals surface area contributed by atoms with E-state index in [4.69, 9.17) is 9.52 Å². The van der Waals surface area contributed by atoms with Crippen LogP contribution in [0.4, 0.5) is 0 Å². The van der Waals surface area contributed by atoms with Gasteiger partial charge in [-0.05, 0) is 44.9 Å². The molecule has 0 aliphatic carbocycles. The Bertz CT molecular complexity index is 459. The van der Waals surface area contributed by atoms with E-state index in [0.29, 0.717) is 24.7 Å². The van der Waals surface area contributed by atoms with E-state index >= 15 is 0 Å². The van der Waals surface area contributed by atoms with Crippen LogP contribution in [-0.2, 0) is 6.54 Å². The summed E-state index contributed by atoms with van der Waals surface area (Å²) in [6, 6.07) is 5.18. The molecule has 0 aromatic carbocycles. The van der Waals surface area contributed by atoms with E-state index in [1.807, 2.05) is 0 Å². The SMILES string of the molecule is CN(Cc1ccc(C(=O)O)o1)C1CC2CCC(C1)N2. The summed E-state index contributed by atoms with van der Waals surface area (Å²) in [4.78, 5) is 13.1. The summed E-state index contributed by atoms with van der Waals surface area (Å²) >= 11 is 0. The summed E-state index contributed by atoms with van der Waals surface area (Å²) in [5.74, 6) is -0.256. The van der Waals surface area contributed by atoms with Gasteiger partial charge >= 0.3 is 5.97 Å². The number of carboxylic acid groups (broad SMARTS) is 1. The lowest BCUT2D eigenvalue weighted by Crippen LogP contribution is -2.46. The summed E-state index contributed by atoms with van der Waals surface area (Å²) in [6.07, 6.45) is 4.94. The molecule has 1 aromatic rings. The average molecular weight is 264 g/mol. The fourth-order valence-corrected chi connectivity index (χ4v) is 3.34. The van der Waals surface area contributed by atoms with Crippen LogP contribution in [0.2, 0.25) is 0 Å². The van der Waals surface area contributed by atoms with Gasteiger partial charge in [0.25, 0.3) is 0 Å². The van der Waals surface area contributed by atoms with Crippen molar-refractivity contribution in [1.29, 1.82) is 0 Å². The van der Waals surface area contributed by atoms with E-state index in [-0.39, 0.29) is 5.76 Å². The van der Waals surface area contributed by atoms with Gasteiger partial charge in [-0.15, -0.1) is 0 Å². The van der Waals surface area contributed by atoms with Gasteiger partial charge in [0.1, 0.15) is 5.76 Å². The van der Waals surface area contributed by atoms with Crippen LogP contribution in [0, 0.1) is 0 Å². The highest BCUT2D eigenvalue weighted by atomic mass is 16.4. The van der Waals surface area contributed by atoms with Crippen LogP contribution >= 0.6 is 0 Å². The quantitative estimate of drug-likeness (QED) is 0.866. The first-order valence-electron chi connectivity index (χ1n) is 6.90. The minimum atomic E-state index is -1.01. The molecule has 0 amide bonds. The molecule has 19 heavy (non-hydrogen) atoms. The number of furan rings is 1. The van der Waals surface area contributed by atoms with Crippen LogP contribution in [0.25, 0.3) is 0 Å². The maximum Gasteiger partial charge on any atom is 0.371 e. The molecule has 1 aromatic heterocycles. The lowest BCUT2D eigenvalue weighted by atomic mass is 9.98. The standard InChI is InChI=1S/C14H20N2O3/c1-16(8-12-4-5-13(19-12)14(17)18)11-6-9-2-3-10(7-11)15-9/h4-5,9-11,15H,2-3,6-8H2,1H3,(H,17,18). The molecular weight excluding hydrogens is 244 g/mol. The normalized spacial score (nSPS) is 29.9. The zero-order valence-electron chi connectivity index (χ0n) is 11.1. The Labute approximate surface area is 112 Å². The van der Waals surface area contributed by atoms with Crippen molar-refractivity contribution < 1.29 is 14.3 Å². The van der Waals surface area contributed by atoms with Gasteiger partial charge in [0.15, 0.2) is 0 Å². The highest BCUT2D eigenvalue weighted by molar-refractivity contribution is 5.84. The number of hydrogen-bond donors (Lipinski definition) is 2. The van der Waals surface area contributed by atoms with Crippen LogP contribution in [0.3, 0.4) is 0 Å². The van der Waals surface area contributed by atoms with Crippen LogP contribution in [-0.4, -0.2) is 41.1 Å². The molecule has 2 saturated heterocycles. The fourth-order valence-electron chi connectivity index (χ4n) is 3.34. The van der Waals surface area contributed by atoms with E-state index < -0.39 is 5.97 Å². The third kappa shape index (κ3) is 2.67. The molecule has 0 radical (unpaired) electrons. The van der Waals surface area contributed by atoms with Gasteiger partial charge in [0.05, 0.1) is 6.54 Å². The molecule has 2 bridgehead atoms. The average Bonchev–Trinajstić information content (AvgIpc) is 2.96. The van der Waals surface area contributed by atoms with Crippen LogP contribution in [0.15, 0.2) is 16.5 Å². The van der Waals surface area contributed by atoms with Gasteiger partial charge in [-0.25, -0.2) is 4.79 Å². The summed E-state index contributed by atoms with van der Waals surface area (Å²) in [6.45, 7) is 0.678. The number of carboxylic acids is 1. The smallest absolute Gasteiger partial charge is 0.371 e. The Kier molecular flexibility index (Phi) is 3.33. The van der Waals surface area contributed by atoms with E-state index in [0.717, 1.165) is 5.76 Å². The second kappa shape index (κ2) is 4.98. The second-order valence-corrected chi connectivity index (χ2v) is 5.75. The van der Waals surface area contributed by atoms with Crippen LogP contribution < -0.4 is 5.32 Å². The molecule has 2 aliphatic heterocycles. The number of piperidine rings is 1. The Hall–Kier alpha value is -1.33. The molecule has 2 aliphatic rings. The van der Waals surface area contributed by atoms with Crippen molar-refractivity contribution in [1.82, 2.24) is 10.2 Å². The minimum Gasteiger partial charge on any atom is -0.475 e. The lowest BCUT2D eigenvalue weighted by Gasteiger charge is -2.35. The second-order valence-electron chi connectivity index (χ2n) is 5.75. The minimum absolute atomic E-state index is 0.0220. The van der Waals surface area contributed by atoms with Crippen LogP contribution in [0.5, 0.6) is 0 Å². The van der Waals surface area contributed by atoms with Crippen molar-refractivity contribution in [2.45, 2.75) is 50.4 Å². The molecule has 2 atom stereocenters. The maximum absolute atomic E-state index is 10.8. The first-order chi connectivity index (χ1) is 9.11. The van der Waals surface area contributed by atoms with Gasteiger partial charge in [0.2, 0.25) is 5.76 Å². The lowest BCUT2D eigenvalue weighted by molar-refractivity contribution is 0.0657. The van der Waals surface area contributed by atoms with Crippen molar-refractivity contribution in [2.24, 2.45) is 0 Å². The number of rotatable bonds is 4. The summed E-state index contributed by atoms with van der Waals surface area (Å²) in [7, 11) is 2.10. The molecule has 5 nitrogen and oxygen atoms in total. The summed E-state index contributed by atoms with van der Waals surface area (Å²) in [5, 5.41) is 12.5.